The molecule has 1 aliphatic heterocycles. The number of rotatable bonds is 4. The van der Waals surface area contributed by atoms with Crippen molar-refractivity contribution in [3.63, 3.8) is 0 Å². The second kappa shape index (κ2) is 11.3. The van der Waals surface area contributed by atoms with Gasteiger partial charge in [-0.2, -0.15) is 5.26 Å². The zero-order chi connectivity index (χ0) is 14.5. The summed E-state index contributed by atoms with van der Waals surface area (Å²) in [5.41, 5.74) is 3.10. The van der Waals surface area contributed by atoms with Gasteiger partial charge in [0.2, 0.25) is 0 Å². The third-order valence-electron chi connectivity index (χ3n) is 3.98. The van der Waals surface area contributed by atoms with Crippen LogP contribution in [-0.2, 0) is 6.42 Å². The Morgan fingerprint density at radius 3 is 2.33 bits per heavy atom. The highest BCUT2D eigenvalue weighted by molar-refractivity contribution is 5.86. The van der Waals surface area contributed by atoms with E-state index in [2.05, 4.69) is 26.3 Å². The van der Waals surface area contributed by atoms with Crippen LogP contribution < -0.4 is 5.32 Å². The average molecular weight is 391 g/mol. The van der Waals surface area contributed by atoms with E-state index < -0.39 is 0 Å². The van der Waals surface area contributed by atoms with Crippen molar-refractivity contribution < 1.29 is 0 Å². The Balaban J connectivity index is 0.00000176. The Labute approximate surface area is 161 Å². The van der Waals surface area contributed by atoms with Crippen LogP contribution in [0.4, 0.5) is 0 Å². The molecule has 24 heavy (non-hydrogen) atoms. The molecule has 2 heterocycles. The molecule has 1 aliphatic rings. The quantitative estimate of drug-likeness (QED) is 0.842. The van der Waals surface area contributed by atoms with Gasteiger partial charge >= 0.3 is 0 Å². The zero-order valence-electron chi connectivity index (χ0n) is 13.1. The largest absolute Gasteiger partial charge is 0.347 e. The number of piperazine rings is 1. The van der Waals surface area contributed by atoms with Crippen molar-refractivity contribution in [1.29, 1.82) is 5.26 Å². The molecule has 2 aromatic rings. The molecule has 132 valence electrons. The lowest BCUT2D eigenvalue weighted by atomic mass is 10.0. The van der Waals surface area contributed by atoms with Crippen LogP contribution in [0.2, 0.25) is 0 Å². The molecule has 1 aromatic heterocycles. The summed E-state index contributed by atoms with van der Waals surface area (Å²) in [6.07, 6.45) is 4.58. The van der Waals surface area contributed by atoms with Gasteiger partial charge in [-0.25, -0.2) is 4.98 Å². The number of benzene rings is 1. The lowest BCUT2D eigenvalue weighted by molar-refractivity contribution is 0.169. The van der Waals surface area contributed by atoms with Gasteiger partial charge in [0.15, 0.2) is 0 Å². The van der Waals surface area contributed by atoms with Crippen molar-refractivity contribution in [2.45, 2.75) is 12.5 Å². The molecule has 1 aromatic carbocycles. The molecular formula is C16H22Cl3N5. The van der Waals surface area contributed by atoms with E-state index in [0.717, 1.165) is 38.3 Å². The van der Waals surface area contributed by atoms with Gasteiger partial charge in [0, 0.05) is 32.4 Å². The number of nitrogens with one attached hydrogen (secondary N) is 2. The van der Waals surface area contributed by atoms with Crippen molar-refractivity contribution in [3.05, 3.63) is 53.6 Å². The second-order valence-electron chi connectivity index (χ2n) is 5.32. The second-order valence-corrected chi connectivity index (χ2v) is 5.32. The summed E-state index contributed by atoms with van der Waals surface area (Å²) in [5, 5.41) is 12.3. The summed E-state index contributed by atoms with van der Waals surface area (Å²) in [7, 11) is 0. The molecule has 1 atom stereocenters. The third kappa shape index (κ3) is 5.66. The van der Waals surface area contributed by atoms with Crippen LogP contribution in [0.15, 0.2) is 36.8 Å². The topological polar surface area (TPSA) is 67.7 Å². The third-order valence-corrected chi connectivity index (χ3v) is 3.98. The van der Waals surface area contributed by atoms with Crippen LogP contribution >= 0.6 is 37.2 Å². The van der Waals surface area contributed by atoms with E-state index in [1.54, 1.807) is 6.33 Å². The van der Waals surface area contributed by atoms with Crippen molar-refractivity contribution >= 4 is 37.2 Å². The van der Waals surface area contributed by atoms with Gasteiger partial charge in [-0.3, -0.25) is 4.90 Å². The molecule has 0 bridgehead atoms. The van der Waals surface area contributed by atoms with E-state index in [1.165, 1.54) is 5.56 Å². The van der Waals surface area contributed by atoms with Gasteiger partial charge in [0.05, 0.1) is 29.7 Å². The normalized spacial score (nSPS) is 15.1. The minimum atomic E-state index is 0. The number of imidazole rings is 1. The lowest BCUT2D eigenvalue weighted by Gasteiger charge is -2.34. The van der Waals surface area contributed by atoms with Crippen molar-refractivity contribution in [2.75, 3.05) is 26.2 Å². The highest BCUT2D eigenvalue weighted by Crippen LogP contribution is 2.24. The molecule has 0 radical (unpaired) electrons. The molecular weight excluding hydrogens is 369 g/mol. The molecule has 0 amide bonds. The van der Waals surface area contributed by atoms with Gasteiger partial charge in [-0.1, -0.05) is 12.1 Å². The molecule has 1 saturated heterocycles. The highest BCUT2D eigenvalue weighted by Gasteiger charge is 2.23. The monoisotopic (exact) mass is 389 g/mol. The van der Waals surface area contributed by atoms with Crippen molar-refractivity contribution in [2.24, 2.45) is 0 Å². The number of halogens is 3. The summed E-state index contributed by atoms with van der Waals surface area (Å²) in [6, 6.07) is 10.3. The van der Waals surface area contributed by atoms with Gasteiger partial charge in [-0.15, -0.1) is 37.2 Å². The molecule has 1 unspecified atom stereocenters. The van der Waals surface area contributed by atoms with E-state index >= 15 is 0 Å². The van der Waals surface area contributed by atoms with E-state index in [-0.39, 0.29) is 37.2 Å². The van der Waals surface area contributed by atoms with Gasteiger partial charge < -0.3 is 10.3 Å². The van der Waals surface area contributed by atoms with Crippen LogP contribution in [0.25, 0.3) is 0 Å². The number of hydrogen-bond acceptors (Lipinski definition) is 4. The zero-order valence-corrected chi connectivity index (χ0v) is 15.6. The van der Waals surface area contributed by atoms with Crippen molar-refractivity contribution in [1.82, 2.24) is 20.2 Å². The molecule has 1 fully saturated rings. The van der Waals surface area contributed by atoms with Crippen LogP contribution in [0.1, 0.15) is 22.9 Å². The Bertz CT molecular complexity index is 604. The van der Waals surface area contributed by atoms with Crippen LogP contribution in [-0.4, -0.2) is 41.0 Å². The van der Waals surface area contributed by atoms with Crippen LogP contribution in [0.3, 0.4) is 0 Å². The van der Waals surface area contributed by atoms with E-state index in [1.807, 2.05) is 30.5 Å². The molecule has 0 saturated carbocycles. The molecule has 0 spiro atoms. The van der Waals surface area contributed by atoms with E-state index in [0.29, 0.717) is 11.6 Å². The first-order chi connectivity index (χ1) is 10.4. The Morgan fingerprint density at radius 1 is 1.12 bits per heavy atom. The smallest absolute Gasteiger partial charge is 0.0991 e. The molecule has 2 N–H and O–H groups in total. The van der Waals surface area contributed by atoms with Crippen LogP contribution in [0.5, 0.6) is 0 Å². The fourth-order valence-electron chi connectivity index (χ4n) is 2.82. The number of H-pyrrole nitrogens is 1. The highest BCUT2D eigenvalue weighted by atomic mass is 35.5. The fourth-order valence-corrected chi connectivity index (χ4v) is 2.82. The molecule has 3 rings (SSSR count). The summed E-state index contributed by atoms with van der Waals surface area (Å²) < 4.78 is 0. The summed E-state index contributed by atoms with van der Waals surface area (Å²) in [6.45, 7) is 4.13. The van der Waals surface area contributed by atoms with Gasteiger partial charge in [0.1, 0.15) is 0 Å². The fraction of sp³-hybridized carbons (Fsp3) is 0.375. The average Bonchev–Trinajstić information content (AvgIpc) is 3.08. The predicted octanol–water partition coefficient (Wildman–Crippen LogP) is 2.74. The Morgan fingerprint density at radius 2 is 1.79 bits per heavy atom. The maximum Gasteiger partial charge on any atom is 0.0991 e. The molecule has 8 heteroatoms. The first kappa shape index (κ1) is 22.7. The van der Waals surface area contributed by atoms with Crippen LogP contribution in [0, 0.1) is 11.3 Å². The molecule has 0 aliphatic carbocycles. The first-order valence-corrected chi connectivity index (χ1v) is 7.29. The summed E-state index contributed by atoms with van der Waals surface area (Å²) in [5.74, 6) is 0. The summed E-state index contributed by atoms with van der Waals surface area (Å²) in [4.78, 5) is 9.91. The van der Waals surface area contributed by atoms with Crippen molar-refractivity contribution in [3.8, 4) is 6.07 Å². The maximum absolute atomic E-state index is 8.89. The number of aromatic amines is 1. The maximum atomic E-state index is 8.89. The minimum absolute atomic E-state index is 0. The minimum Gasteiger partial charge on any atom is -0.347 e. The van der Waals surface area contributed by atoms with Gasteiger partial charge in [-0.05, 0) is 24.1 Å². The lowest BCUT2D eigenvalue weighted by Crippen LogP contribution is -2.45. The van der Waals surface area contributed by atoms with Gasteiger partial charge in [0.25, 0.3) is 0 Å². The number of hydrogen-bond donors (Lipinski definition) is 2. The SMILES string of the molecule is Cl.Cl.Cl.N#Cc1ccc(CC(c2cnc[nH]2)N2CCNCC2)cc1. The number of nitrogens with zero attached hydrogens (tertiary/aromatic N) is 3. The number of aromatic nitrogens is 2. The summed E-state index contributed by atoms with van der Waals surface area (Å²) >= 11 is 0. The molecule has 5 nitrogen and oxygen atoms in total. The van der Waals surface area contributed by atoms with E-state index in [4.69, 9.17) is 5.26 Å². The Hall–Kier alpha value is -1.29. The standard InChI is InChI=1S/C16H19N5.3ClH/c17-10-14-3-1-13(2-4-14)9-16(15-11-19-12-20-15)21-7-5-18-6-8-21;;;/h1-4,11-12,16,18H,5-9H2,(H,19,20);3*1H. The Kier molecular flexibility index (Phi) is 10.7. The number of nitriles is 1. The first-order valence-electron chi connectivity index (χ1n) is 7.29. The predicted molar refractivity (Wildman–Crippen MR) is 102 cm³/mol. The van der Waals surface area contributed by atoms with E-state index in [9.17, 15) is 0 Å².